The second-order valence-electron chi connectivity index (χ2n) is 16.9. The van der Waals surface area contributed by atoms with Crippen LogP contribution < -0.4 is 0 Å². The van der Waals surface area contributed by atoms with Crippen molar-refractivity contribution in [2.45, 2.75) is 59.3 Å². The van der Waals surface area contributed by atoms with Crippen LogP contribution in [0.2, 0.25) is 0 Å². The number of hydrogen-bond acceptors (Lipinski definition) is 3. The van der Waals surface area contributed by atoms with Crippen molar-refractivity contribution < 1.29 is 26.2 Å². The second-order valence-corrected chi connectivity index (χ2v) is 16.9. The molecule has 0 aliphatic carbocycles. The summed E-state index contributed by atoms with van der Waals surface area (Å²) in [7, 11) is 0. The molecule has 9 aromatic rings. The molecule has 286 valence electrons. The Bertz CT molecular complexity index is 2960. The SMILES string of the molecule is Cc1ccnc(-c2[c-]c(-c3cccc4c3nc(-c3cc(C(C)(C)C)cc(C(C)(C)C)c3O)n4-c3cccc4c5ccccc5n(-c5ccccc5)c34)ccc2)c1.[Pt]. The number of benzene rings is 6. The van der Waals surface area contributed by atoms with Crippen LogP contribution in [0, 0.1) is 13.0 Å². The summed E-state index contributed by atoms with van der Waals surface area (Å²) < 4.78 is 4.62. The number of aromatic nitrogens is 4. The van der Waals surface area contributed by atoms with Crippen molar-refractivity contribution in [1.29, 1.82) is 0 Å². The van der Waals surface area contributed by atoms with Gasteiger partial charge in [0, 0.05) is 55.0 Å². The van der Waals surface area contributed by atoms with Gasteiger partial charge in [-0.2, -0.15) is 0 Å². The molecular formula is C51H45N4OPt-. The number of aryl methyl sites for hydroxylation is 1. The van der Waals surface area contributed by atoms with Crippen molar-refractivity contribution in [3.63, 3.8) is 0 Å². The van der Waals surface area contributed by atoms with Gasteiger partial charge in [-0.25, -0.2) is 4.98 Å². The summed E-state index contributed by atoms with van der Waals surface area (Å²) in [5, 5.41) is 14.7. The minimum atomic E-state index is -0.318. The molecule has 1 N–H and O–H groups in total. The van der Waals surface area contributed by atoms with E-state index in [4.69, 9.17) is 4.98 Å². The number of fused-ring (bicyclic) bond motifs is 4. The van der Waals surface area contributed by atoms with E-state index in [1.807, 2.05) is 12.3 Å². The van der Waals surface area contributed by atoms with Crippen LogP contribution in [-0.4, -0.2) is 24.2 Å². The van der Waals surface area contributed by atoms with Crippen LogP contribution >= 0.6 is 0 Å². The third-order valence-corrected chi connectivity index (χ3v) is 10.9. The van der Waals surface area contributed by atoms with Crippen LogP contribution in [0.4, 0.5) is 0 Å². The number of para-hydroxylation sites is 4. The zero-order chi connectivity index (χ0) is 38.9. The molecule has 5 nitrogen and oxygen atoms in total. The van der Waals surface area contributed by atoms with Gasteiger partial charge in [0.1, 0.15) is 11.6 Å². The van der Waals surface area contributed by atoms with E-state index in [-0.39, 0.29) is 37.6 Å². The topological polar surface area (TPSA) is 55.9 Å². The predicted octanol–water partition coefficient (Wildman–Crippen LogP) is 12.9. The van der Waals surface area contributed by atoms with E-state index < -0.39 is 0 Å². The molecule has 3 heterocycles. The molecular weight excluding hydrogens is 880 g/mol. The van der Waals surface area contributed by atoms with E-state index in [9.17, 15) is 5.11 Å². The largest absolute Gasteiger partial charge is 0.507 e. The first-order valence-corrected chi connectivity index (χ1v) is 19.3. The number of phenols is 1. The van der Waals surface area contributed by atoms with Crippen LogP contribution in [0.1, 0.15) is 58.2 Å². The molecule has 3 aromatic heterocycles. The number of nitrogens with zero attached hydrogens (tertiary/aromatic N) is 4. The molecule has 0 fully saturated rings. The smallest absolute Gasteiger partial charge is 0.148 e. The van der Waals surface area contributed by atoms with Gasteiger partial charge in [0.25, 0.3) is 0 Å². The van der Waals surface area contributed by atoms with E-state index in [0.29, 0.717) is 11.4 Å². The number of aromatic hydroxyl groups is 1. The minimum Gasteiger partial charge on any atom is -0.507 e. The molecule has 6 aromatic carbocycles. The number of imidazole rings is 1. The first kappa shape index (κ1) is 38.1. The maximum Gasteiger partial charge on any atom is 0.148 e. The molecule has 0 spiro atoms. The van der Waals surface area contributed by atoms with Gasteiger partial charge in [0.2, 0.25) is 0 Å². The molecule has 0 aliphatic rings. The van der Waals surface area contributed by atoms with E-state index in [2.05, 4.69) is 196 Å². The van der Waals surface area contributed by atoms with Crippen molar-refractivity contribution in [2.75, 3.05) is 0 Å². The quantitative estimate of drug-likeness (QED) is 0.175. The fourth-order valence-corrected chi connectivity index (χ4v) is 8.04. The average molecular weight is 925 g/mol. The molecule has 0 atom stereocenters. The summed E-state index contributed by atoms with van der Waals surface area (Å²) in [5.41, 5.74) is 13.0. The number of pyridine rings is 1. The molecule has 0 saturated heterocycles. The maximum atomic E-state index is 12.4. The number of hydrogen-bond donors (Lipinski definition) is 1. The van der Waals surface area contributed by atoms with Gasteiger partial charge in [-0.05, 0) is 65.8 Å². The molecule has 0 bridgehead atoms. The molecule has 9 rings (SSSR count). The second kappa shape index (κ2) is 14.3. The van der Waals surface area contributed by atoms with E-state index in [1.54, 1.807) is 0 Å². The van der Waals surface area contributed by atoms with E-state index >= 15 is 0 Å². The monoisotopic (exact) mass is 924 g/mol. The zero-order valence-electron chi connectivity index (χ0n) is 33.3. The van der Waals surface area contributed by atoms with Crippen LogP contribution in [0.25, 0.3) is 78.0 Å². The Balaban J connectivity index is 0.00000455. The van der Waals surface area contributed by atoms with Gasteiger partial charge in [-0.3, -0.25) is 9.55 Å². The summed E-state index contributed by atoms with van der Waals surface area (Å²) in [6, 6.07) is 50.4. The van der Waals surface area contributed by atoms with Crippen LogP contribution in [0.15, 0.2) is 140 Å². The Morgan fingerprint density at radius 3 is 2.05 bits per heavy atom. The maximum absolute atomic E-state index is 12.4. The fraction of sp³-hybridized carbons (Fsp3) is 0.176. The average Bonchev–Trinajstić information content (AvgIpc) is 3.74. The van der Waals surface area contributed by atoms with Gasteiger partial charge >= 0.3 is 0 Å². The minimum absolute atomic E-state index is 0. The van der Waals surface area contributed by atoms with Crippen LogP contribution in [0.3, 0.4) is 0 Å². The summed E-state index contributed by atoms with van der Waals surface area (Å²) in [5.74, 6) is 0.925. The molecule has 0 amide bonds. The Morgan fingerprint density at radius 2 is 1.30 bits per heavy atom. The van der Waals surface area contributed by atoms with Crippen molar-refractivity contribution in [1.82, 2.24) is 19.1 Å². The molecule has 0 aliphatic heterocycles. The molecule has 57 heavy (non-hydrogen) atoms. The molecule has 0 unspecified atom stereocenters. The standard InChI is InChI=1S/C51H45N4O.Pt/c1-32-26-27-52-42(28-32)34-17-13-16-33(29-34)37-21-14-24-44-46(37)53-49(40-30-35(50(2,3)4)31-41(48(40)56)51(5,6)7)55(44)45-25-15-22-39-38-20-11-12-23-43(38)54(47(39)45)36-18-9-8-10-19-36;/h8-28,30-31,56H,1-7H3;/q-1;. The number of phenolic OH excluding ortho intramolecular Hbond substituents is 1. The summed E-state index contributed by atoms with van der Waals surface area (Å²) in [4.78, 5) is 10.2. The summed E-state index contributed by atoms with van der Waals surface area (Å²) in [6.07, 6.45) is 1.85. The van der Waals surface area contributed by atoms with Gasteiger partial charge in [0.05, 0.1) is 33.3 Å². The van der Waals surface area contributed by atoms with Crippen LogP contribution in [-0.2, 0) is 31.9 Å². The zero-order valence-corrected chi connectivity index (χ0v) is 35.6. The molecule has 0 radical (unpaired) electrons. The van der Waals surface area contributed by atoms with Crippen molar-refractivity contribution in [2.24, 2.45) is 0 Å². The van der Waals surface area contributed by atoms with Crippen LogP contribution in [0.5, 0.6) is 5.75 Å². The molecule has 6 heteroatoms. The third kappa shape index (κ3) is 6.58. The van der Waals surface area contributed by atoms with Gasteiger partial charge < -0.3 is 9.67 Å². The Morgan fingerprint density at radius 1 is 0.614 bits per heavy atom. The predicted molar refractivity (Wildman–Crippen MR) is 232 cm³/mol. The molecule has 0 saturated carbocycles. The van der Waals surface area contributed by atoms with Gasteiger partial charge in [-0.15, -0.1) is 29.8 Å². The van der Waals surface area contributed by atoms with Gasteiger partial charge in [-0.1, -0.05) is 131 Å². The van der Waals surface area contributed by atoms with E-state index in [0.717, 1.165) is 77.9 Å². The number of rotatable bonds is 5. The summed E-state index contributed by atoms with van der Waals surface area (Å²) >= 11 is 0. The fourth-order valence-electron chi connectivity index (χ4n) is 8.04. The first-order valence-electron chi connectivity index (χ1n) is 19.3. The van der Waals surface area contributed by atoms with Crippen molar-refractivity contribution >= 4 is 32.8 Å². The first-order chi connectivity index (χ1) is 26.9. The Kier molecular flexibility index (Phi) is 9.57. The Hall–Kier alpha value is -5.77. The normalized spacial score (nSPS) is 12.1. The Labute approximate surface area is 349 Å². The third-order valence-electron chi connectivity index (χ3n) is 10.9. The van der Waals surface area contributed by atoms with E-state index in [1.165, 1.54) is 5.39 Å². The van der Waals surface area contributed by atoms with Crippen molar-refractivity contribution in [3.05, 3.63) is 162 Å². The summed E-state index contributed by atoms with van der Waals surface area (Å²) in [6.45, 7) is 15.2. The van der Waals surface area contributed by atoms with Crippen molar-refractivity contribution in [3.8, 4) is 50.9 Å². The van der Waals surface area contributed by atoms with Gasteiger partial charge in [0.15, 0.2) is 0 Å².